The second-order valence-corrected chi connectivity index (χ2v) is 4.80. The van der Waals surface area contributed by atoms with Crippen LogP contribution in [-0.4, -0.2) is 22.0 Å². The molecule has 0 bridgehead atoms. The molecule has 1 aromatic heterocycles. The molecule has 0 amide bonds. The van der Waals surface area contributed by atoms with Gasteiger partial charge >= 0.3 is 0 Å². The number of benzene rings is 1. The van der Waals surface area contributed by atoms with Gasteiger partial charge in [0, 0.05) is 4.47 Å². The van der Waals surface area contributed by atoms with E-state index in [9.17, 15) is 4.39 Å². The molecule has 1 aromatic carbocycles. The van der Waals surface area contributed by atoms with E-state index in [2.05, 4.69) is 36.7 Å². The summed E-state index contributed by atoms with van der Waals surface area (Å²) in [6.45, 7) is 2.83. The highest BCUT2D eigenvalue weighted by Crippen LogP contribution is 2.23. The maximum Gasteiger partial charge on any atom is 0.123 e. The van der Waals surface area contributed by atoms with E-state index >= 15 is 0 Å². The van der Waals surface area contributed by atoms with Crippen molar-refractivity contribution in [3.05, 3.63) is 45.9 Å². The van der Waals surface area contributed by atoms with Crippen LogP contribution in [0.2, 0.25) is 0 Å². The molecule has 1 unspecified atom stereocenters. The van der Waals surface area contributed by atoms with Crippen LogP contribution in [0.1, 0.15) is 24.2 Å². The van der Waals surface area contributed by atoms with Crippen molar-refractivity contribution >= 4 is 15.9 Å². The van der Waals surface area contributed by atoms with Crippen LogP contribution in [0.3, 0.4) is 0 Å². The Kier molecular flexibility index (Phi) is 4.43. The predicted octanol–water partition coefficient (Wildman–Crippen LogP) is 2.60. The lowest BCUT2D eigenvalue weighted by Crippen LogP contribution is -2.23. The minimum atomic E-state index is -0.233. The van der Waals surface area contributed by atoms with E-state index in [1.165, 1.54) is 12.1 Å². The summed E-state index contributed by atoms with van der Waals surface area (Å²) in [5.74, 6) is -0.233. The fourth-order valence-corrected chi connectivity index (χ4v) is 2.23. The van der Waals surface area contributed by atoms with Crippen LogP contribution < -0.4 is 5.32 Å². The molecule has 0 saturated heterocycles. The number of rotatable bonds is 5. The van der Waals surface area contributed by atoms with Crippen molar-refractivity contribution in [2.24, 2.45) is 0 Å². The highest BCUT2D eigenvalue weighted by Gasteiger charge is 2.15. The molecule has 2 aromatic rings. The molecule has 6 heteroatoms. The Morgan fingerprint density at radius 3 is 3.00 bits per heavy atom. The predicted molar refractivity (Wildman–Crippen MR) is 70.6 cm³/mol. The standard InChI is InChI=1S/C12H14BrFN4/c1-2-15-11(12-7-16-18-17-12)6-8-5-9(14)3-4-10(8)13/h3-5,7,11,15H,2,6H2,1H3,(H,16,17,18). The molecule has 2 N–H and O–H groups in total. The van der Waals surface area contributed by atoms with Gasteiger partial charge in [-0.3, -0.25) is 0 Å². The Morgan fingerprint density at radius 2 is 2.33 bits per heavy atom. The van der Waals surface area contributed by atoms with E-state index in [-0.39, 0.29) is 11.9 Å². The van der Waals surface area contributed by atoms with Crippen LogP contribution in [-0.2, 0) is 6.42 Å². The maximum atomic E-state index is 13.3. The molecule has 0 fully saturated rings. The smallest absolute Gasteiger partial charge is 0.123 e. The van der Waals surface area contributed by atoms with Crippen molar-refractivity contribution in [3.63, 3.8) is 0 Å². The number of aromatic nitrogens is 3. The van der Waals surface area contributed by atoms with Gasteiger partial charge < -0.3 is 5.32 Å². The van der Waals surface area contributed by atoms with Crippen molar-refractivity contribution < 1.29 is 4.39 Å². The third-order valence-corrected chi connectivity index (χ3v) is 3.45. The zero-order chi connectivity index (χ0) is 13.0. The third-order valence-electron chi connectivity index (χ3n) is 2.67. The fourth-order valence-electron chi connectivity index (χ4n) is 1.83. The van der Waals surface area contributed by atoms with Gasteiger partial charge in [-0.1, -0.05) is 22.9 Å². The lowest BCUT2D eigenvalue weighted by Gasteiger charge is -2.16. The van der Waals surface area contributed by atoms with Gasteiger partial charge in [0.15, 0.2) is 0 Å². The summed E-state index contributed by atoms with van der Waals surface area (Å²) in [5, 5.41) is 13.8. The Morgan fingerprint density at radius 1 is 1.50 bits per heavy atom. The molecule has 0 aliphatic carbocycles. The maximum absolute atomic E-state index is 13.3. The number of H-pyrrole nitrogens is 1. The zero-order valence-electron chi connectivity index (χ0n) is 9.95. The number of nitrogens with one attached hydrogen (secondary N) is 2. The van der Waals surface area contributed by atoms with Crippen LogP contribution in [0.25, 0.3) is 0 Å². The summed E-state index contributed by atoms with van der Waals surface area (Å²) >= 11 is 3.44. The zero-order valence-corrected chi connectivity index (χ0v) is 11.5. The van der Waals surface area contributed by atoms with Crippen molar-refractivity contribution in [3.8, 4) is 0 Å². The van der Waals surface area contributed by atoms with Crippen LogP contribution >= 0.6 is 15.9 Å². The third kappa shape index (κ3) is 3.14. The van der Waals surface area contributed by atoms with Gasteiger partial charge in [0.1, 0.15) is 5.82 Å². The monoisotopic (exact) mass is 312 g/mol. The van der Waals surface area contributed by atoms with Gasteiger partial charge in [-0.05, 0) is 36.7 Å². The summed E-state index contributed by atoms with van der Waals surface area (Å²) < 4.78 is 14.1. The Hall–Kier alpha value is -1.27. The van der Waals surface area contributed by atoms with Crippen LogP contribution in [0, 0.1) is 5.82 Å². The van der Waals surface area contributed by atoms with Gasteiger partial charge in [0.05, 0.1) is 17.9 Å². The minimum Gasteiger partial charge on any atom is -0.309 e. The van der Waals surface area contributed by atoms with Gasteiger partial charge in [0.2, 0.25) is 0 Å². The quantitative estimate of drug-likeness (QED) is 0.892. The number of hydrogen-bond acceptors (Lipinski definition) is 3. The minimum absolute atomic E-state index is 0.0202. The summed E-state index contributed by atoms with van der Waals surface area (Å²) in [4.78, 5) is 0. The normalized spacial score (nSPS) is 12.6. The molecule has 96 valence electrons. The molecular formula is C12H14BrFN4. The van der Waals surface area contributed by atoms with E-state index in [4.69, 9.17) is 0 Å². The second kappa shape index (κ2) is 6.06. The second-order valence-electron chi connectivity index (χ2n) is 3.94. The number of nitrogens with zero attached hydrogens (tertiary/aromatic N) is 2. The molecule has 1 atom stereocenters. The Labute approximate surface area is 113 Å². The molecule has 0 spiro atoms. The van der Waals surface area contributed by atoms with Gasteiger partial charge in [0.25, 0.3) is 0 Å². The summed E-state index contributed by atoms with van der Waals surface area (Å²) in [5.41, 5.74) is 1.73. The average Bonchev–Trinajstić information content (AvgIpc) is 2.87. The van der Waals surface area contributed by atoms with Crippen molar-refractivity contribution in [1.29, 1.82) is 0 Å². The fraction of sp³-hybridized carbons (Fsp3) is 0.333. The van der Waals surface area contributed by atoms with Crippen molar-refractivity contribution in [2.45, 2.75) is 19.4 Å². The summed E-state index contributed by atoms with van der Waals surface area (Å²) in [7, 11) is 0. The molecule has 4 nitrogen and oxygen atoms in total. The van der Waals surface area contributed by atoms with Gasteiger partial charge in [-0.15, -0.1) is 0 Å². The molecule has 18 heavy (non-hydrogen) atoms. The first-order valence-corrected chi connectivity index (χ1v) is 6.53. The molecule has 0 aliphatic heterocycles. The van der Waals surface area contributed by atoms with E-state index in [1.807, 2.05) is 6.92 Å². The molecule has 1 heterocycles. The molecule has 0 aliphatic rings. The highest BCUT2D eigenvalue weighted by atomic mass is 79.9. The van der Waals surface area contributed by atoms with Crippen molar-refractivity contribution in [2.75, 3.05) is 6.54 Å². The molecule has 0 radical (unpaired) electrons. The van der Waals surface area contributed by atoms with Gasteiger partial charge in [-0.2, -0.15) is 15.4 Å². The molecule has 2 rings (SSSR count). The van der Waals surface area contributed by atoms with E-state index in [0.29, 0.717) is 6.42 Å². The Balaban J connectivity index is 2.21. The number of halogens is 2. The first kappa shape index (κ1) is 13.2. The number of likely N-dealkylation sites (N-methyl/N-ethyl adjacent to an activating group) is 1. The summed E-state index contributed by atoms with van der Waals surface area (Å²) in [6, 6.07) is 4.71. The first-order chi connectivity index (χ1) is 8.70. The lowest BCUT2D eigenvalue weighted by atomic mass is 10.0. The largest absolute Gasteiger partial charge is 0.309 e. The molecular weight excluding hydrogens is 299 g/mol. The average molecular weight is 313 g/mol. The van der Waals surface area contributed by atoms with Crippen LogP contribution in [0.4, 0.5) is 4.39 Å². The molecule has 0 saturated carbocycles. The van der Waals surface area contributed by atoms with E-state index < -0.39 is 0 Å². The first-order valence-electron chi connectivity index (χ1n) is 5.73. The topological polar surface area (TPSA) is 53.6 Å². The lowest BCUT2D eigenvalue weighted by molar-refractivity contribution is 0.532. The van der Waals surface area contributed by atoms with Crippen LogP contribution in [0.15, 0.2) is 28.9 Å². The van der Waals surface area contributed by atoms with E-state index in [1.54, 1.807) is 12.3 Å². The number of hydrogen-bond donors (Lipinski definition) is 2. The van der Waals surface area contributed by atoms with Gasteiger partial charge in [-0.25, -0.2) is 4.39 Å². The van der Waals surface area contributed by atoms with E-state index in [0.717, 1.165) is 22.3 Å². The summed E-state index contributed by atoms with van der Waals surface area (Å²) in [6.07, 6.45) is 2.33. The Bertz CT molecular complexity index is 501. The van der Waals surface area contributed by atoms with Crippen molar-refractivity contribution in [1.82, 2.24) is 20.7 Å². The number of aromatic amines is 1. The van der Waals surface area contributed by atoms with Crippen LogP contribution in [0.5, 0.6) is 0 Å². The highest BCUT2D eigenvalue weighted by molar-refractivity contribution is 9.10. The SMILES string of the molecule is CCNC(Cc1cc(F)ccc1Br)c1cn[nH]n1.